The Morgan fingerprint density at radius 2 is 2.12 bits per heavy atom. The quantitative estimate of drug-likeness (QED) is 0.656. The highest BCUT2D eigenvalue weighted by atomic mass is 16.1. The number of imidazole rings is 1. The first kappa shape index (κ1) is 8.84. The van der Waals surface area contributed by atoms with Crippen LogP contribution in [0.4, 0.5) is 0 Å². The Labute approximate surface area is 90.4 Å². The van der Waals surface area contributed by atoms with Crippen molar-refractivity contribution >= 4 is 5.65 Å². The van der Waals surface area contributed by atoms with Gasteiger partial charge in [0.25, 0.3) is 0 Å². The van der Waals surface area contributed by atoms with Gasteiger partial charge in [0.1, 0.15) is 5.65 Å². The Bertz CT molecular complexity index is 698. The van der Waals surface area contributed by atoms with Gasteiger partial charge in [-0.3, -0.25) is 4.40 Å². The fourth-order valence-corrected chi connectivity index (χ4v) is 1.65. The lowest BCUT2D eigenvalue weighted by Gasteiger charge is -1.99. The van der Waals surface area contributed by atoms with Crippen LogP contribution in [0, 0.1) is 0 Å². The summed E-state index contributed by atoms with van der Waals surface area (Å²) in [6.07, 6.45) is 5.10. The molecule has 3 heterocycles. The Kier molecular flexibility index (Phi) is 1.83. The van der Waals surface area contributed by atoms with Gasteiger partial charge in [-0.15, -0.1) is 0 Å². The van der Waals surface area contributed by atoms with E-state index in [1.807, 2.05) is 28.8 Å². The molecule has 0 fully saturated rings. The molecular formula is C11H8N4O. The van der Waals surface area contributed by atoms with E-state index in [-0.39, 0.29) is 5.69 Å². The van der Waals surface area contributed by atoms with Crippen LogP contribution in [0.3, 0.4) is 0 Å². The molecule has 0 aliphatic heterocycles. The zero-order valence-electron chi connectivity index (χ0n) is 8.29. The number of nitrogens with one attached hydrogen (secondary N) is 1. The van der Waals surface area contributed by atoms with Gasteiger partial charge in [0, 0.05) is 12.4 Å². The lowest BCUT2D eigenvalue weighted by atomic mass is 10.3. The summed E-state index contributed by atoms with van der Waals surface area (Å²) in [7, 11) is 0. The number of hydrogen-bond donors (Lipinski definition) is 1. The van der Waals surface area contributed by atoms with Crippen LogP contribution in [0.15, 0.2) is 47.7 Å². The van der Waals surface area contributed by atoms with Crippen molar-refractivity contribution < 1.29 is 0 Å². The molecule has 0 aromatic carbocycles. The van der Waals surface area contributed by atoms with E-state index in [0.717, 1.165) is 11.3 Å². The molecule has 0 amide bonds. The number of rotatable bonds is 1. The monoisotopic (exact) mass is 212 g/mol. The van der Waals surface area contributed by atoms with Gasteiger partial charge in [0.2, 0.25) is 0 Å². The number of fused-ring (bicyclic) bond motifs is 1. The molecule has 16 heavy (non-hydrogen) atoms. The molecule has 3 aromatic rings. The van der Waals surface area contributed by atoms with Crippen LogP contribution in [-0.4, -0.2) is 19.4 Å². The zero-order chi connectivity index (χ0) is 11.0. The first-order valence-electron chi connectivity index (χ1n) is 4.82. The van der Waals surface area contributed by atoms with Crippen LogP contribution >= 0.6 is 0 Å². The van der Waals surface area contributed by atoms with Crippen LogP contribution in [0.2, 0.25) is 0 Å². The van der Waals surface area contributed by atoms with Crippen LogP contribution in [0.1, 0.15) is 0 Å². The molecule has 1 N–H and O–H groups in total. The van der Waals surface area contributed by atoms with Gasteiger partial charge >= 0.3 is 5.69 Å². The average molecular weight is 212 g/mol. The van der Waals surface area contributed by atoms with Gasteiger partial charge in [-0.2, -0.15) is 0 Å². The van der Waals surface area contributed by atoms with E-state index in [1.165, 1.54) is 6.20 Å². The molecule has 78 valence electrons. The third-order valence-corrected chi connectivity index (χ3v) is 2.37. The lowest BCUT2D eigenvalue weighted by Crippen LogP contribution is -2.09. The standard InChI is InChI=1S/C11H8N4O/c16-11-12-5-4-8(14-11)9-7-13-10-3-1-2-6-15(9)10/h1-7H,(H,12,14,16). The Morgan fingerprint density at radius 1 is 1.19 bits per heavy atom. The summed E-state index contributed by atoms with van der Waals surface area (Å²) < 4.78 is 1.91. The molecule has 0 unspecified atom stereocenters. The predicted molar refractivity (Wildman–Crippen MR) is 59.0 cm³/mol. The van der Waals surface area contributed by atoms with Crippen LogP contribution in [0.5, 0.6) is 0 Å². The molecule has 0 atom stereocenters. The maximum absolute atomic E-state index is 11.1. The second-order valence-corrected chi connectivity index (χ2v) is 3.36. The highest BCUT2D eigenvalue weighted by Gasteiger charge is 2.05. The number of nitrogens with zero attached hydrogens (tertiary/aromatic N) is 3. The Hall–Kier alpha value is -2.43. The molecule has 3 rings (SSSR count). The Balaban J connectivity index is 2.30. The number of aromatic nitrogens is 4. The highest BCUT2D eigenvalue weighted by Crippen LogP contribution is 2.16. The minimum absolute atomic E-state index is 0.358. The zero-order valence-corrected chi connectivity index (χ0v) is 8.29. The molecule has 0 aliphatic rings. The van der Waals surface area contributed by atoms with E-state index >= 15 is 0 Å². The molecule has 0 aliphatic carbocycles. The second-order valence-electron chi connectivity index (χ2n) is 3.36. The van der Waals surface area contributed by atoms with Crippen LogP contribution in [0.25, 0.3) is 17.0 Å². The molecule has 5 heteroatoms. The second kappa shape index (κ2) is 3.30. The average Bonchev–Trinajstić information content (AvgIpc) is 2.72. The maximum atomic E-state index is 11.1. The Morgan fingerprint density at radius 3 is 3.00 bits per heavy atom. The number of H-pyrrole nitrogens is 1. The van der Waals surface area contributed by atoms with E-state index in [9.17, 15) is 4.79 Å². The summed E-state index contributed by atoms with van der Waals surface area (Å²) in [4.78, 5) is 21.6. The maximum Gasteiger partial charge on any atom is 0.345 e. The van der Waals surface area contributed by atoms with Gasteiger partial charge in [-0.25, -0.2) is 14.8 Å². The van der Waals surface area contributed by atoms with Crippen molar-refractivity contribution in [3.05, 3.63) is 53.3 Å². The van der Waals surface area contributed by atoms with Crippen LogP contribution in [-0.2, 0) is 0 Å². The van der Waals surface area contributed by atoms with E-state index in [4.69, 9.17) is 0 Å². The first-order chi connectivity index (χ1) is 7.84. The molecule has 3 aromatic heterocycles. The molecule has 0 spiro atoms. The van der Waals surface area contributed by atoms with E-state index in [2.05, 4.69) is 15.0 Å². The van der Waals surface area contributed by atoms with Crippen molar-refractivity contribution in [3.63, 3.8) is 0 Å². The van der Waals surface area contributed by atoms with Gasteiger partial charge in [0.15, 0.2) is 0 Å². The molecular weight excluding hydrogens is 204 g/mol. The smallest absolute Gasteiger partial charge is 0.304 e. The number of pyridine rings is 1. The van der Waals surface area contributed by atoms with Gasteiger partial charge in [-0.1, -0.05) is 6.07 Å². The fourth-order valence-electron chi connectivity index (χ4n) is 1.65. The summed E-state index contributed by atoms with van der Waals surface area (Å²) >= 11 is 0. The molecule has 0 radical (unpaired) electrons. The minimum atomic E-state index is -0.358. The van der Waals surface area contributed by atoms with Gasteiger partial charge < -0.3 is 4.98 Å². The number of aromatic amines is 1. The van der Waals surface area contributed by atoms with Crippen molar-refractivity contribution in [2.75, 3.05) is 0 Å². The summed E-state index contributed by atoms with van der Waals surface area (Å²) in [6.45, 7) is 0. The minimum Gasteiger partial charge on any atom is -0.304 e. The molecule has 0 bridgehead atoms. The summed E-state index contributed by atoms with van der Waals surface area (Å²) in [5.74, 6) is 0. The molecule has 5 nitrogen and oxygen atoms in total. The van der Waals surface area contributed by atoms with Gasteiger partial charge in [0.05, 0.1) is 17.6 Å². The third kappa shape index (κ3) is 1.30. The predicted octanol–water partition coefficient (Wildman–Crippen LogP) is 1.08. The first-order valence-corrected chi connectivity index (χ1v) is 4.82. The topological polar surface area (TPSA) is 63.1 Å². The van der Waals surface area contributed by atoms with Crippen molar-refractivity contribution in [1.82, 2.24) is 19.4 Å². The van der Waals surface area contributed by atoms with Crippen molar-refractivity contribution in [1.29, 1.82) is 0 Å². The van der Waals surface area contributed by atoms with Gasteiger partial charge in [-0.05, 0) is 18.2 Å². The SMILES string of the molecule is O=c1nccc(-c2cnc3ccccn23)[nH]1. The van der Waals surface area contributed by atoms with Crippen molar-refractivity contribution in [2.45, 2.75) is 0 Å². The van der Waals surface area contributed by atoms with Crippen LogP contribution < -0.4 is 5.69 Å². The fraction of sp³-hybridized carbons (Fsp3) is 0. The largest absolute Gasteiger partial charge is 0.345 e. The normalized spacial score (nSPS) is 10.8. The number of hydrogen-bond acceptors (Lipinski definition) is 3. The lowest BCUT2D eigenvalue weighted by molar-refractivity contribution is 1.06. The van der Waals surface area contributed by atoms with Crippen molar-refractivity contribution in [2.24, 2.45) is 0 Å². The van der Waals surface area contributed by atoms with E-state index < -0.39 is 0 Å². The van der Waals surface area contributed by atoms with E-state index in [0.29, 0.717) is 5.69 Å². The van der Waals surface area contributed by atoms with Crippen molar-refractivity contribution in [3.8, 4) is 11.4 Å². The third-order valence-electron chi connectivity index (χ3n) is 2.37. The van der Waals surface area contributed by atoms with E-state index in [1.54, 1.807) is 12.3 Å². The molecule has 0 saturated heterocycles. The summed E-state index contributed by atoms with van der Waals surface area (Å²) in [5, 5.41) is 0. The summed E-state index contributed by atoms with van der Waals surface area (Å²) in [6, 6.07) is 7.49. The summed E-state index contributed by atoms with van der Waals surface area (Å²) in [5.41, 5.74) is 2.03. The highest BCUT2D eigenvalue weighted by molar-refractivity contribution is 5.59. The molecule has 0 saturated carbocycles.